The van der Waals surface area contributed by atoms with Crippen molar-refractivity contribution in [3.63, 3.8) is 0 Å². The van der Waals surface area contributed by atoms with Crippen LogP contribution < -0.4 is 0 Å². The lowest BCUT2D eigenvalue weighted by Gasteiger charge is -2.07. The number of carbonyl (C=O) groups excluding carboxylic acids is 2. The molecular formula is C10H14O4. The summed E-state index contributed by atoms with van der Waals surface area (Å²) in [5, 5.41) is 0. The van der Waals surface area contributed by atoms with Gasteiger partial charge in [0.2, 0.25) is 5.76 Å². The van der Waals surface area contributed by atoms with Crippen LogP contribution in [0.15, 0.2) is 25.0 Å². The topological polar surface area (TPSA) is 52.6 Å². The van der Waals surface area contributed by atoms with Crippen LogP contribution in [0.3, 0.4) is 0 Å². The molecule has 0 aromatic carbocycles. The van der Waals surface area contributed by atoms with E-state index in [1.54, 1.807) is 0 Å². The minimum atomic E-state index is -0.728. The molecule has 0 aliphatic rings. The fourth-order valence-corrected chi connectivity index (χ4v) is 0.528. The first kappa shape index (κ1) is 12.4. The van der Waals surface area contributed by atoms with Gasteiger partial charge in [0.1, 0.15) is 0 Å². The van der Waals surface area contributed by atoms with E-state index in [1.807, 2.05) is 13.8 Å². The Hall–Kier alpha value is -1.58. The van der Waals surface area contributed by atoms with Crippen LogP contribution in [0, 0.1) is 5.92 Å². The zero-order chi connectivity index (χ0) is 11.1. The largest absolute Gasteiger partial charge is 0.460 e. The van der Waals surface area contributed by atoms with Gasteiger partial charge in [0.05, 0.1) is 6.61 Å². The number of ether oxygens (including phenoxy) is 2. The third-order valence-electron chi connectivity index (χ3n) is 1.17. The first-order chi connectivity index (χ1) is 6.47. The Morgan fingerprint density at radius 1 is 1.43 bits per heavy atom. The van der Waals surface area contributed by atoms with Crippen LogP contribution in [0.5, 0.6) is 0 Å². The SMILES string of the molecule is C=CC(=O)OC(=C)C(=O)OCC(C)C. The van der Waals surface area contributed by atoms with Crippen LogP contribution in [0.2, 0.25) is 0 Å². The van der Waals surface area contributed by atoms with E-state index in [0.29, 0.717) is 0 Å². The summed E-state index contributed by atoms with van der Waals surface area (Å²) in [6.07, 6.45) is 0.945. The Morgan fingerprint density at radius 3 is 2.43 bits per heavy atom. The quantitative estimate of drug-likeness (QED) is 0.381. The van der Waals surface area contributed by atoms with E-state index in [4.69, 9.17) is 4.74 Å². The van der Waals surface area contributed by atoms with Gasteiger partial charge in [0.25, 0.3) is 0 Å². The van der Waals surface area contributed by atoms with Crippen molar-refractivity contribution in [3.8, 4) is 0 Å². The molecule has 0 saturated heterocycles. The highest BCUT2D eigenvalue weighted by molar-refractivity contribution is 5.91. The Bertz CT molecular complexity index is 253. The third-order valence-corrected chi connectivity index (χ3v) is 1.17. The second-order valence-corrected chi connectivity index (χ2v) is 3.04. The number of rotatable bonds is 5. The molecule has 0 bridgehead atoms. The second kappa shape index (κ2) is 5.96. The fraction of sp³-hybridized carbons (Fsp3) is 0.400. The minimum absolute atomic E-state index is 0.224. The van der Waals surface area contributed by atoms with Gasteiger partial charge in [-0.1, -0.05) is 20.4 Å². The van der Waals surface area contributed by atoms with Crippen molar-refractivity contribution in [2.24, 2.45) is 5.92 Å². The Balaban J connectivity index is 3.94. The smallest absolute Gasteiger partial charge is 0.373 e. The summed E-state index contributed by atoms with van der Waals surface area (Å²) < 4.78 is 9.23. The van der Waals surface area contributed by atoms with Gasteiger partial charge in [-0.25, -0.2) is 9.59 Å². The van der Waals surface area contributed by atoms with E-state index in [0.717, 1.165) is 6.08 Å². The highest BCUT2D eigenvalue weighted by Gasteiger charge is 2.13. The van der Waals surface area contributed by atoms with Gasteiger partial charge in [-0.2, -0.15) is 0 Å². The maximum absolute atomic E-state index is 11.1. The standard InChI is InChI=1S/C10H14O4/c1-5-9(11)14-8(4)10(12)13-6-7(2)3/h5,7H,1,4,6H2,2-3H3. The number of hydrogen-bond donors (Lipinski definition) is 0. The molecule has 0 aliphatic carbocycles. The normalized spacial score (nSPS) is 9.36. The molecule has 0 aromatic heterocycles. The first-order valence-electron chi connectivity index (χ1n) is 4.17. The maximum atomic E-state index is 11.1. The van der Waals surface area contributed by atoms with Gasteiger partial charge in [-0.05, 0) is 12.5 Å². The molecule has 0 aromatic rings. The number of esters is 2. The highest BCUT2D eigenvalue weighted by Crippen LogP contribution is 2.01. The molecule has 4 heteroatoms. The van der Waals surface area contributed by atoms with E-state index < -0.39 is 11.9 Å². The molecule has 0 aliphatic heterocycles. The lowest BCUT2D eigenvalue weighted by Crippen LogP contribution is -2.15. The zero-order valence-corrected chi connectivity index (χ0v) is 8.41. The van der Waals surface area contributed by atoms with E-state index >= 15 is 0 Å². The molecule has 0 heterocycles. The molecule has 0 radical (unpaired) electrons. The summed E-state index contributed by atoms with van der Waals surface area (Å²) in [6, 6.07) is 0. The predicted molar refractivity (Wildman–Crippen MR) is 51.2 cm³/mol. The molecule has 78 valence electrons. The maximum Gasteiger partial charge on any atom is 0.373 e. The molecule has 14 heavy (non-hydrogen) atoms. The van der Waals surface area contributed by atoms with Crippen molar-refractivity contribution in [3.05, 3.63) is 25.0 Å². The third kappa shape index (κ3) is 5.13. The summed E-state index contributed by atoms with van der Waals surface area (Å²) >= 11 is 0. The Kier molecular flexibility index (Phi) is 5.29. The molecule has 0 amide bonds. The molecule has 0 rings (SSSR count). The van der Waals surface area contributed by atoms with Crippen molar-refractivity contribution in [2.75, 3.05) is 6.61 Å². The van der Waals surface area contributed by atoms with Crippen LogP contribution >= 0.6 is 0 Å². The Morgan fingerprint density at radius 2 is 2.00 bits per heavy atom. The van der Waals surface area contributed by atoms with Gasteiger partial charge in [-0.3, -0.25) is 0 Å². The van der Waals surface area contributed by atoms with Gasteiger partial charge in [0.15, 0.2) is 0 Å². The first-order valence-corrected chi connectivity index (χ1v) is 4.17. The summed E-state index contributed by atoms with van der Waals surface area (Å²) in [4.78, 5) is 21.7. The van der Waals surface area contributed by atoms with Crippen molar-refractivity contribution in [1.82, 2.24) is 0 Å². The number of hydrogen-bond acceptors (Lipinski definition) is 4. The summed E-state index contributed by atoms with van der Waals surface area (Å²) in [7, 11) is 0. The highest BCUT2D eigenvalue weighted by atomic mass is 16.6. The van der Waals surface area contributed by atoms with Crippen LogP contribution in [0.25, 0.3) is 0 Å². The average molecular weight is 198 g/mol. The average Bonchev–Trinajstić information content (AvgIpc) is 2.13. The Labute approximate surface area is 83.2 Å². The van der Waals surface area contributed by atoms with Crippen LogP contribution in [0.4, 0.5) is 0 Å². The van der Waals surface area contributed by atoms with Gasteiger partial charge >= 0.3 is 11.9 Å². The molecule has 4 nitrogen and oxygen atoms in total. The van der Waals surface area contributed by atoms with Gasteiger partial charge in [0, 0.05) is 6.08 Å². The zero-order valence-electron chi connectivity index (χ0n) is 8.41. The molecule has 0 N–H and O–H groups in total. The predicted octanol–water partition coefficient (Wildman–Crippen LogP) is 1.43. The molecule has 0 atom stereocenters. The summed E-state index contributed by atoms with van der Waals surface area (Å²) in [5.74, 6) is -1.55. The summed E-state index contributed by atoms with van der Waals surface area (Å²) in [5.41, 5.74) is 0. The van der Waals surface area contributed by atoms with E-state index in [1.165, 1.54) is 0 Å². The van der Waals surface area contributed by atoms with Crippen molar-refractivity contribution in [2.45, 2.75) is 13.8 Å². The van der Waals surface area contributed by atoms with Crippen molar-refractivity contribution >= 4 is 11.9 Å². The lowest BCUT2D eigenvalue weighted by molar-refractivity contribution is -0.149. The monoisotopic (exact) mass is 198 g/mol. The van der Waals surface area contributed by atoms with E-state index in [-0.39, 0.29) is 18.3 Å². The molecule has 0 fully saturated rings. The van der Waals surface area contributed by atoms with Crippen LogP contribution in [-0.2, 0) is 19.1 Å². The molecule has 0 spiro atoms. The van der Waals surface area contributed by atoms with Crippen LogP contribution in [-0.4, -0.2) is 18.5 Å². The summed E-state index contributed by atoms with van der Waals surface area (Å²) in [6.45, 7) is 10.5. The number of carbonyl (C=O) groups is 2. The van der Waals surface area contributed by atoms with Crippen molar-refractivity contribution in [1.29, 1.82) is 0 Å². The fourth-order valence-electron chi connectivity index (χ4n) is 0.528. The van der Waals surface area contributed by atoms with Crippen LogP contribution in [0.1, 0.15) is 13.8 Å². The molecular weight excluding hydrogens is 184 g/mol. The van der Waals surface area contributed by atoms with Gasteiger partial charge < -0.3 is 9.47 Å². The molecule has 0 unspecified atom stereocenters. The molecule has 0 saturated carbocycles. The minimum Gasteiger partial charge on any atom is -0.460 e. The van der Waals surface area contributed by atoms with E-state index in [9.17, 15) is 9.59 Å². The van der Waals surface area contributed by atoms with Crippen molar-refractivity contribution < 1.29 is 19.1 Å². The second-order valence-electron chi connectivity index (χ2n) is 3.04. The van der Waals surface area contributed by atoms with E-state index in [2.05, 4.69) is 17.9 Å². The lowest BCUT2D eigenvalue weighted by atomic mass is 10.2. The van der Waals surface area contributed by atoms with Gasteiger partial charge in [-0.15, -0.1) is 0 Å².